The van der Waals surface area contributed by atoms with E-state index in [2.05, 4.69) is 5.32 Å². The molecule has 0 aromatic heterocycles. The molecule has 3 aromatic carbocycles. The third-order valence-electron chi connectivity index (χ3n) is 5.48. The van der Waals surface area contributed by atoms with Crippen molar-refractivity contribution >= 4 is 28.8 Å². The van der Waals surface area contributed by atoms with Gasteiger partial charge in [-0.05, 0) is 61.7 Å². The molecule has 5 nitrogen and oxygen atoms in total. The monoisotopic (exact) mass is 448 g/mol. The topological polar surface area (TPSA) is 58.6 Å². The lowest BCUT2D eigenvalue weighted by Gasteiger charge is -2.17. The standard InChI is InChI=1S/C26H22F2N2O3/c1-4-33-22-8-6-5-7-20(22)29-24-23(17-10-9-15(2)16(3)13-17)25(31)30(26(24)32)21-14-18(27)11-12-19(21)28/h5-14,29H,4H2,1-3H3. The van der Waals surface area contributed by atoms with Crippen LogP contribution in [0.5, 0.6) is 5.75 Å². The molecule has 1 aliphatic heterocycles. The van der Waals surface area contributed by atoms with Gasteiger partial charge in [-0.2, -0.15) is 0 Å². The first-order valence-electron chi connectivity index (χ1n) is 10.5. The summed E-state index contributed by atoms with van der Waals surface area (Å²) in [5.41, 5.74) is 2.48. The lowest BCUT2D eigenvalue weighted by atomic mass is 9.99. The number of rotatable bonds is 6. The van der Waals surface area contributed by atoms with Crippen molar-refractivity contribution in [1.82, 2.24) is 0 Å². The molecule has 33 heavy (non-hydrogen) atoms. The summed E-state index contributed by atoms with van der Waals surface area (Å²) in [6, 6.07) is 15.0. The van der Waals surface area contributed by atoms with E-state index in [4.69, 9.17) is 4.74 Å². The Balaban J connectivity index is 1.88. The highest BCUT2D eigenvalue weighted by Gasteiger charge is 2.41. The Hall–Kier alpha value is -4.00. The minimum atomic E-state index is -0.881. The number of halogens is 2. The van der Waals surface area contributed by atoms with Crippen LogP contribution in [0.2, 0.25) is 0 Å². The van der Waals surface area contributed by atoms with Crippen molar-refractivity contribution in [2.24, 2.45) is 0 Å². The molecule has 7 heteroatoms. The number of para-hydroxylation sites is 2. The number of carbonyl (C=O) groups is 2. The van der Waals surface area contributed by atoms with Crippen molar-refractivity contribution in [1.29, 1.82) is 0 Å². The second-order valence-corrected chi connectivity index (χ2v) is 7.64. The second-order valence-electron chi connectivity index (χ2n) is 7.64. The number of hydrogen-bond donors (Lipinski definition) is 1. The molecule has 1 N–H and O–H groups in total. The lowest BCUT2D eigenvalue weighted by molar-refractivity contribution is -0.120. The summed E-state index contributed by atoms with van der Waals surface area (Å²) >= 11 is 0. The number of nitrogens with zero attached hydrogens (tertiary/aromatic N) is 1. The average molecular weight is 448 g/mol. The first-order chi connectivity index (χ1) is 15.8. The van der Waals surface area contributed by atoms with Crippen LogP contribution in [0, 0.1) is 25.5 Å². The zero-order valence-electron chi connectivity index (χ0n) is 18.4. The quantitative estimate of drug-likeness (QED) is 0.515. The molecule has 0 spiro atoms. The van der Waals surface area contributed by atoms with E-state index in [1.165, 1.54) is 0 Å². The van der Waals surface area contributed by atoms with Gasteiger partial charge in [0, 0.05) is 6.07 Å². The van der Waals surface area contributed by atoms with Crippen molar-refractivity contribution in [3.63, 3.8) is 0 Å². The van der Waals surface area contributed by atoms with Gasteiger partial charge in [-0.15, -0.1) is 0 Å². The predicted octanol–water partition coefficient (Wildman–Crippen LogP) is 5.38. The van der Waals surface area contributed by atoms with Crippen LogP contribution >= 0.6 is 0 Å². The van der Waals surface area contributed by atoms with Crippen LogP contribution in [0.25, 0.3) is 5.57 Å². The molecular formula is C26H22F2N2O3. The van der Waals surface area contributed by atoms with Crippen molar-refractivity contribution in [3.8, 4) is 5.75 Å². The van der Waals surface area contributed by atoms with Crippen LogP contribution in [-0.2, 0) is 9.59 Å². The molecule has 0 atom stereocenters. The number of anilines is 2. The van der Waals surface area contributed by atoms with E-state index in [1.54, 1.807) is 36.4 Å². The van der Waals surface area contributed by atoms with Crippen molar-refractivity contribution < 1.29 is 23.1 Å². The fourth-order valence-corrected chi connectivity index (χ4v) is 3.67. The summed E-state index contributed by atoms with van der Waals surface area (Å²) in [6.45, 7) is 6.05. The summed E-state index contributed by atoms with van der Waals surface area (Å²) < 4.78 is 34.1. The number of aryl methyl sites for hydroxylation is 2. The van der Waals surface area contributed by atoms with Crippen LogP contribution in [0.4, 0.5) is 20.2 Å². The zero-order valence-corrected chi connectivity index (χ0v) is 18.4. The van der Waals surface area contributed by atoms with E-state index < -0.39 is 29.1 Å². The van der Waals surface area contributed by atoms with Gasteiger partial charge in [0.1, 0.15) is 23.1 Å². The molecule has 0 saturated carbocycles. The minimum absolute atomic E-state index is 0.0425. The molecule has 0 unspecified atom stereocenters. The fourth-order valence-electron chi connectivity index (χ4n) is 3.67. The normalized spacial score (nSPS) is 13.7. The molecule has 0 aliphatic carbocycles. The summed E-state index contributed by atoms with van der Waals surface area (Å²) in [7, 11) is 0. The maximum absolute atomic E-state index is 14.6. The number of imide groups is 1. The Labute approximate surface area is 190 Å². The van der Waals surface area contributed by atoms with Gasteiger partial charge < -0.3 is 10.1 Å². The number of carbonyl (C=O) groups excluding carboxylic acids is 2. The van der Waals surface area contributed by atoms with Crippen LogP contribution in [-0.4, -0.2) is 18.4 Å². The summed E-state index contributed by atoms with van der Waals surface area (Å²) in [6.07, 6.45) is 0. The van der Waals surface area contributed by atoms with Crippen LogP contribution < -0.4 is 15.0 Å². The third-order valence-corrected chi connectivity index (χ3v) is 5.48. The van der Waals surface area contributed by atoms with Gasteiger partial charge in [0.2, 0.25) is 0 Å². The molecule has 168 valence electrons. The second kappa shape index (κ2) is 8.86. The Morgan fingerprint density at radius 2 is 1.67 bits per heavy atom. The molecule has 0 radical (unpaired) electrons. The molecule has 1 heterocycles. The molecule has 3 aromatic rings. The Bertz CT molecular complexity index is 1300. The Morgan fingerprint density at radius 1 is 0.909 bits per heavy atom. The molecule has 4 rings (SSSR count). The fraction of sp³-hybridized carbons (Fsp3) is 0.154. The predicted molar refractivity (Wildman–Crippen MR) is 123 cm³/mol. The lowest BCUT2D eigenvalue weighted by Crippen LogP contribution is -2.33. The highest BCUT2D eigenvalue weighted by Crippen LogP contribution is 2.37. The van der Waals surface area contributed by atoms with Gasteiger partial charge in [-0.1, -0.05) is 30.3 Å². The first-order valence-corrected chi connectivity index (χ1v) is 10.5. The van der Waals surface area contributed by atoms with E-state index in [9.17, 15) is 18.4 Å². The zero-order chi connectivity index (χ0) is 23.7. The van der Waals surface area contributed by atoms with Crippen molar-refractivity contribution in [2.75, 3.05) is 16.8 Å². The van der Waals surface area contributed by atoms with Crippen molar-refractivity contribution in [2.45, 2.75) is 20.8 Å². The van der Waals surface area contributed by atoms with E-state index >= 15 is 0 Å². The van der Waals surface area contributed by atoms with E-state index in [0.29, 0.717) is 28.5 Å². The number of ether oxygens (including phenoxy) is 1. The highest BCUT2D eigenvalue weighted by molar-refractivity contribution is 6.46. The van der Waals surface area contributed by atoms with E-state index in [1.807, 2.05) is 26.8 Å². The largest absolute Gasteiger partial charge is 0.492 e. The minimum Gasteiger partial charge on any atom is -0.492 e. The molecule has 2 amide bonds. The van der Waals surface area contributed by atoms with Gasteiger partial charge >= 0.3 is 0 Å². The maximum atomic E-state index is 14.6. The highest BCUT2D eigenvalue weighted by atomic mass is 19.1. The van der Waals surface area contributed by atoms with Crippen LogP contribution in [0.3, 0.4) is 0 Å². The van der Waals surface area contributed by atoms with Gasteiger partial charge in [0.15, 0.2) is 0 Å². The Kier molecular flexibility index (Phi) is 5.96. The summed E-state index contributed by atoms with van der Waals surface area (Å²) in [4.78, 5) is 27.6. The number of hydrogen-bond acceptors (Lipinski definition) is 4. The smallest absolute Gasteiger partial charge is 0.282 e. The number of amides is 2. The van der Waals surface area contributed by atoms with Gasteiger partial charge in [0.25, 0.3) is 11.8 Å². The molecule has 1 aliphatic rings. The van der Waals surface area contributed by atoms with E-state index in [0.717, 1.165) is 29.3 Å². The van der Waals surface area contributed by atoms with Gasteiger partial charge in [0.05, 0.1) is 23.6 Å². The van der Waals surface area contributed by atoms with Crippen LogP contribution in [0.15, 0.2) is 66.4 Å². The molecule has 0 fully saturated rings. The van der Waals surface area contributed by atoms with E-state index in [-0.39, 0.29) is 11.3 Å². The van der Waals surface area contributed by atoms with Crippen LogP contribution in [0.1, 0.15) is 23.6 Å². The van der Waals surface area contributed by atoms with Gasteiger partial charge in [-0.3, -0.25) is 9.59 Å². The van der Waals surface area contributed by atoms with Crippen molar-refractivity contribution in [3.05, 3.63) is 94.7 Å². The molecular weight excluding hydrogens is 426 g/mol. The number of nitrogens with one attached hydrogen (secondary N) is 1. The maximum Gasteiger partial charge on any atom is 0.282 e. The Morgan fingerprint density at radius 3 is 2.39 bits per heavy atom. The van der Waals surface area contributed by atoms with Gasteiger partial charge in [-0.25, -0.2) is 13.7 Å². The summed E-state index contributed by atoms with van der Waals surface area (Å²) in [5, 5.41) is 3.02. The number of benzene rings is 3. The summed E-state index contributed by atoms with van der Waals surface area (Å²) in [5.74, 6) is -2.69. The average Bonchev–Trinajstić information content (AvgIpc) is 3.03. The first kappa shape index (κ1) is 22.2. The SMILES string of the molecule is CCOc1ccccc1NC1=C(c2ccc(C)c(C)c2)C(=O)N(c2cc(F)ccc2F)C1=O. The third kappa shape index (κ3) is 4.09. The molecule has 0 saturated heterocycles. The molecule has 0 bridgehead atoms.